The Balaban J connectivity index is 0.00000243. The summed E-state index contributed by atoms with van der Waals surface area (Å²) in [4.78, 5) is 0. The molecule has 0 aliphatic heterocycles. The minimum absolute atomic E-state index is 0. The minimum atomic E-state index is 0. The summed E-state index contributed by atoms with van der Waals surface area (Å²) in [5.41, 5.74) is 7.68. The molecule has 4 nitrogen and oxygen atoms in total. The van der Waals surface area contributed by atoms with Crippen LogP contribution in [0.2, 0.25) is 0 Å². The Bertz CT molecular complexity index is 807. The predicted molar refractivity (Wildman–Crippen MR) is 107 cm³/mol. The Kier molecular flexibility index (Phi) is 7.18. The second-order valence-corrected chi connectivity index (χ2v) is 5.48. The fourth-order valence-electron chi connectivity index (χ4n) is 2.35. The summed E-state index contributed by atoms with van der Waals surface area (Å²) >= 11 is 0. The molecule has 0 bridgehead atoms. The summed E-state index contributed by atoms with van der Waals surface area (Å²) in [5.74, 6) is 2.82. The first-order valence-corrected chi connectivity index (χ1v) is 8.21. The fraction of sp³-hybridized carbons (Fsp3) is 0.143. The fourth-order valence-corrected chi connectivity index (χ4v) is 2.35. The van der Waals surface area contributed by atoms with Crippen LogP contribution in [0.15, 0.2) is 72.8 Å². The first-order valence-electron chi connectivity index (χ1n) is 8.21. The number of hydrogen-bond donors (Lipinski definition) is 1. The van der Waals surface area contributed by atoms with Crippen molar-refractivity contribution in [2.75, 3.05) is 12.3 Å². The highest BCUT2D eigenvalue weighted by Gasteiger charge is 2.05. The summed E-state index contributed by atoms with van der Waals surface area (Å²) in [6, 6.07) is 22.9. The van der Waals surface area contributed by atoms with E-state index in [1.807, 2.05) is 67.6 Å². The summed E-state index contributed by atoms with van der Waals surface area (Å²) in [7, 11) is 0. The van der Waals surface area contributed by atoms with Crippen LogP contribution in [-0.2, 0) is 6.61 Å². The molecule has 5 heteroatoms. The Labute approximate surface area is 159 Å². The monoisotopic (exact) mass is 371 g/mol. The lowest BCUT2D eigenvalue weighted by atomic mass is 10.2. The van der Waals surface area contributed by atoms with E-state index in [4.69, 9.17) is 19.9 Å². The van der Waals surface area contributed by atoms with Crippen LogP contribution >= 0.6 is 12.4 Å². The van der Waals surface area contributed by atoms with Gasteiger partial charge in [-0.05, 0) is 48.9 Å². The van der Waals surface area contributed by atoms with Crippen LogP contribution < -0.4 is 19.9 Å². The molecule has 0 spiro atoms. The maximum Gasteiger partial charge on any atom is 0.150 e. The highest BCUT2D eigenvalue weighted by Crippen LogP contribution is 2.31. The van der Waals surface area contributed by atoms with Gasteiger partial charge in [-0.25, -0.2) is 0 Å². The van der Waals surface area contributed by atoms with E-state index in [1.54, 1.807) is 12.1 Å². The van der Waals surface area contributed by atoms with E-state index in [9.17, 15) is 0 Å². The van der Waals surface area contributed by atoms with Gasteiger partial charge in [-0.1, -0.05) is 30.3 Å². The lowest BCUT2D eigenvalue weighted by Gasteiger charge is -2.11. The lowest BCUT2D eigenvalue weighted by Crippen LogP contribution is -1.96. The van der Waals surface area contributed by atoms with E-state index >= 15 is 0 Å². The SMILES string of the molecule is CCOc1ccc(Oc2ccc(OCc3ccccc3)cc2)c(N)c1.Cl. The van der Waals surface area contributed by atoms with Crippen LogP contribution in [0.25, 0.3) is 0 Å². The highest BCUT2D eigenvalue weighted by atomic mass is 35.5. The molecule has 0 aliphatic rings. The van der Waals surface area contributed by atoms with Gasteiger partial charge in [0.25, 0.3) is 0 Å². The molecule has 26 heavy (non-hydrogen) atoms. The van der Waals surface area contributed by atoms with Gasteiger partial charge in [0.1, 0.15) is 23.9 Å². The number of anilines is 1. The summed E-state index contributed by atoms with van der Waals surface area (Å²) in [5, 5.41) is 0. The largest absolute Gasteiger partial charge is 0.494 e. The third-order valence-electron chi connectivity index (χ3n) is 3.59. The van der Waals surface area contributed by atoms with Crippen molar-refractivity contribution in [3.8, 4) is 23.0 Å². The van der Waals surface area contributed by atoms with Crippen LogP contribution in [0.4, 0.5) is 5.69 Å². The quantitative estimate of drug-likeness (QED) is 0.560. The van der Waals surface area contributed by atoms with Crippen LogP contribution in [-0.4, -0.2) is 6.61 Å². The lowest BCUT2D eigenvalue weighted by molar-refractivity contribution is 0.306. The third kappa shape index (κ3) is 5.33. The molecule has 3 aromatic carbocycles. The van der Waals surface area contributed by atoms with Gasteiger partial charge < -0.3 is 19.9 Å². The zero-order valence-electron chi connectivity index (χ0n) is 14.6. The van der Waals surface area contributed by atoms with E-state index in [0.717, 1.165) is 17.1 Å². The molecule has 3 rings (SSSR count). The van der Waals surface area contributed by atoms with E-state index in [0.29, 0.717) is 30.4 Å². The second kappa shape index (κ2) is 9.59. The molecule has 3 aromatic rings. The van der Waals surface area contributed by atoms with Crippen molar-refractivity contribution in [2.45, 2.75) is 13.5 Å². The van der Waals surface area contributed by atoms with Crippen molar-refractivity contribution in [3.63, 3.8) is 0 Å². The summed E-state index contributed by atoms with van der Waals surface area (Å²) < 4.78 is 17.0. The van der Waals surface area contributed by atoms with Gasteiger partial charge in [0.05, 0.1) is 12.3 Å². The number of nitrogens with two attached hydrogens (primary N) is 1. The molecule has 2 N–H and O–H groups in total. The van der Waals surface area contributed by atoms with Gasteiger partial charge in [0.15, 0.2) is 5.75 Å². The van der Waals surface area contributed by atoms with Crippen molar-refractivity contribution < 1.29 is 14.2 Å². The molecular formula is C21H22ClNO3. The number of hydrogen-bond acceptors (Lipinski definition) is 4. The average molecular weight is 372 g/mol. The number of halogens is 1. The molecule has 0 saturated heterocycles. The van der Waals surface area contributed by atoms with Gasteiger partial charge in [-0.15, -0.1) is 12.4 Å². The second-order valence-electron chi connectivity index (χ2n) is 5.48. The van der Waals surface area contributed by atoms with Gasteiger partial charge in [-0.2, -0.15) is 0 Å². The van der Waals surface area contributed by atoms with Crippen molar-refractivity contribution in [1.82, 2.24) is 0 Å². The molecule has 0 unspecified atom stereocenters. The van der Waals surface area contributed by atoms with Gasteiger partial charge in [0, 0.05) is 6.07 Å². The van der Waals surface area contributed by atoms with Crippen molar-refractivity contribution in [3.05, 3.63) is 78.4 Å². The normalized spacial score (nSPS) is 9.88. The Morgan fingerprint density at radius 1 is 0.769 bits per heavy atom. The Morgan fingerprint density at radius 2 is 1.42 bits per heavy atom. The molecular weight excluding hydrogens is 350 g/mol. The maximum atomic E-state index is 6.01. The van der Waals surface area contributed by atoms with Crippen molar-refractivity contribution in [2.24, 2.45) is 0 Å². The van der Waals surface area contributed by atoms with Crippen molar-refractivity contribution >= 4 is 18.1 Å². The number of ether oxygens (including phenoxy) is 3. The molecule has 0 amide bonds. The highest BCUT2D eigenvalue weighted by molar-refractivity contribution is 5.85. The first-order chi connectivity index (χ1) is 12.2. The molecule has 136 valence electrons. The molecule has 0 fully saturated rings. The van der Waals surface area contributed by atoms with E-state index < -0.39 is 0 Å². The summed E-state index contributed by atoms with van der Waals surface area (Å²) in [6.45, 7) is 3.07. The molecule has 0 radical (unpaired) electrons. The molecule has 0 aromatic heterocycles. The topological polar surface area (TPSA) is 53.7 Å². The van der Waals surface area contributed by atoms with Crippen molar-refractivity contribution in [1.29, 1.82) is 0 Å². The Morgan fingerprint density at radius 3 is 2.08 bits per heavy atom. The zero-order valence-corrected chi connectivity index (χ0v) is 15.4. The third-order valence-corrected chi connectivity index (χ3v) is 3.59. The predicted octanol–water partition coefficient (Wildman–Crippen LogP) is 5.46. The van der Waals surface area contributed by atoms with Crippen LogP contribution in [0.3, 0.4) is 0 Å². The van der Waals surface area contributed by atoms with Gasteiger partial charge in [-0.3, -0.25) is 0 Å². The van der Waals surface area contributed by atoms with E-state index in [2.05, 4.69) is 0 Å². The first kappa shape index (κ1) is 19.5. The van der Waals surface area contributed by atoms with Crippen LogP contribution in [0.1, 0.15) is 12.5 Å². The van der Waals surface area contributed by atoms with E-state index in [1.165, 1.54) is 0 Å². The van der Waals surface area contributed by atoms with Crippen LogP contribution in [0.5, 0.6) is 23.0 Å². The Hall–Kier alpha value is -2.85. The number of rotatable bonds is 7. The number of nitrogen functional groups attached to an aromatic ring is 1. The van der Waals surface area contributed by atoms with Gasteiger partial charge >= 0.3 is 0 Å². The summed E-state index contributed by atoms with van der Waals surface area (Å²) in [6.07, 6.45) is 0. The molecule has 0 saturated carbocycles. The molecule has 0 atom stereocenters. The average Bonchev–Trinajstić information content (AvgIpc) is 2.64. The zero-order chi connectivity index (χ0) is 17.5. The van der Waals surface area contributed by atoms with E-state index in [-0.39, 0.29) is 12.4 Å². The molecule has 0 aliphatic carbocycles. The smallest absolute Gasteiger partial charge is 0.150 e. The van der Waals surface area contributed by atoms with Gasteiger partial charge in [0.2, 0.25) is 0 Å². The standard InChI is InChI=1S/C21H21NO3.ClH/c1-2-23-19-12-13-21(20(22)14-19)25-18-10-8-17(9-11-18)24-15-16-6-4-3-5-7-16;/h3-14H,2,15,22H2,1H3;1H. The van der Waals surface area contributed by atoms with Crippen LogP contribution in [0, 0.1) is 0 Å². The minimum Gasteiger partial charge on any atom is -0.494 e. The molecule has 0 heterocycles. The maximum absolute atomic E-state index is 6.01. The number of benzene rings is 3.